The number of anilines is 2. The van der Waals surface area contributed by atoms with E-state index in [0.29, 0.717) is 37.2 Å². The lowest BCUT2D eigenvalue weighted by atomic mass is 10.0. The maximum absolute atomic E-state index is 15.2. The zero-order valence-electron chi connectivity index (χ0n) is 21.5. The predicted molar refractivity (Wildman–Crippen MR) is 144 cm³/mol. The van der Waals surface area contributed by atoms with Gasteiger partial charge in [-0.15, -0.1) is 0 Å². The highest BCUT2D eigenvalue weighted by atomic mass is 19.1. The first kappa shape index (κ1) is 26.8. The number of aryl methyl sites for hydroxylation is 2. The molecule has 3 N–H and O–H groups in total. The molecule has 38 heavy (non-hydrogen) atoms. The van der Waals surface area contributed by atoms with Gasteiger partial charge in [-0.1, -0.05) is 12.1 Å². The van der Waals surface area contributed by atoms with E-state index in [0.717, 1.165) is 34.9 Å². The first-order chi connectivity index (χ1) is 18.3. The molecule has 0 radical (unpaired) electrons. The fourth-order valence-electron chi connectivity index (χ4n) is 4.83. The number of nitrogens with one attached hydrogen (secondary N) is 1. The summed E-state index contributed by atoms with van der Waals surface area (Å²) in [5.41, 5.74) is 4.96. The number of nitrogens with zero attached hydrogens (tertiary/aromatic N) is 1. The molecule has 7 nitrogen and oxygen atoms in total. The number of fused-ring (bicyclic) bond motifs is 1. The van der Waals surface area contributed by atoms with Crippen LogP contribution < -0.4 is 15.0 Å². The third kappa shape index (κ3) is 6.15. The van der Waals surface area contributed by atoms with Crippen molar-refractivity contribution in [3.63, 3.8) is 0 Å². The van der Waals surface area contributed by atoms with E-state index in [2.05, 4.69) is 11.3 Å². The summed E-state index contributed by atoms with van der Waals surface area (Å²) < 4.78 is 20.7. The van der Waals surface area contributed by atoms with Gasteiger partial charge in [-0.2, -0.15) is 0 Å². The van der Waals surface area contributed by atoms with Crippen LogP contribution in [0.15, 0.2) is 60.3 Å². The highest BCUT2D eigenvalue weighted by Crippen LogP contribution is 2.38. The lowest BCUT2D eigenvalue weighted by Crippen LogP contribution is -2.29. The van der Waals surface area contributed by atoms with Gasteiger partial charge in [0.25, 0.3) is 0 Å². The van der Waals surface area contributed by atoms with Crippen molar-refractivity contribution in [2.45, 2.75) is 45.1 Å². The lowest BCUT2D eigenvalue weighted by Gasteiger charge is -2.29. The Morgan fingerprint density at radius 2 is 1.97 bits per heavy atom. The number of benzene rings is 3. The predicted octanol–water partition coefficient (Wildman–Crippen LogP) is 5.58. The van der Waals surface area contributed by atoms with Crippen LogP contribution in [0.3, 0.4) is 0 Å². The van der Waals surface area contributed by atoms with Gasteiger partial charge in [0.1, 0.15) is 35.0 Å². The van der Waals surface area contributed by atoms with Gasteiger partial charge >= 0.3 is 5.97 Å². The molecule has 4 rings (SSSR count). The Morgan fingerprint density at radius 3 is 2.68 bits per heavy atom. The quantitative estimate of drug-likeness (QED) is 0.225. The number of phenolic OH excluding ortho intramolecular Hbond substituents is 1. The third-order valence-electron chi connectivity index (χ3n) is 6.72. The number of aliphatic carboxylic acids is 1. The van der Waals surface area contributed by atoms with E-state index < -0.39 is 17.8 Å². The van der Waals surface area contributed by atoms with Crippen molar-refractivity contribution >= 4 is 23.3 Å². The molecular formula is C30H31FN2O5. The van der Waals surface area contributed by atoms with Crippen molar-refractivity contribution in [3.8, 4) is 11.5 Å². The van der Waals surface area contributed by atoms with Crippen molar-refractivity contribution in [3.05, 3.63) is 88.4 Å². The number of hydrogen-bond acceptors (Lipinski definition) is 6. The molecule has 0 saturated carbocycles. The summed E-state index contributed by atoms with van der Waals surface area (Å²) in [7, 11) is 1.55. The Balaban J connectivity index is 1.71. The van der Waals surface area contributed by atoms with E-state index in [4.69, 9.17) is 9.84 Å². The second-order valence-corrected chi connectivity index (χ2v) is 9.47. The number of unbranched alkanes of at least 4 members (excludes halogenated alkanes) is 1. The van der Waals surface area contributed by atoms with E-state index in [1.54, 1.807) is 13.2 Å². The first-order valence-electron chi connectivity index (χ1n) is 12.6. The number of carboxylic acid groups (broad SMARTS) is 1. The van der Waals surface area contributed by atoms with Crippen LogP contribution in [-0.4, -0.2) is 35.8 Å². The van der Waals surface area contributed by atoms with Crippen LogP contribution in [0.25, 0.3) is 0 Å². The fourth-order valence-corrected chi connectivity index (χ4v) is 4.83. The Kier molecular flexibility index (Phi) is 8.34. The molecule has 1 heterocycles. The van der Waals surface area contributed by atoms with E-state index >= 15 is 4.39 Å². The maximum atomic E-state index is 15.2. The summed E-state index contributed by atoms with van der Waals surface area (Å²) in [6, 6.07) is 14.5. The van der Waals surface area contributed by atoms with Crippen LogP contribution in [0.1, 0.15) is 47.6 Å². The largest absolute Gasteiger partial charge is 0.508 e. The van der Waals surface area contributed by atoms with Crippen LogP contribution >= 0.6 is 0 Å². The molecule has 1 unspecified atom stereocenters. The molecule has 0 bridgehead atoms. The molecule has 0 aromatic heterocycles. The van der Waals surface area contributed by atoms with E-state index in [1.807, 2.05) is 42.2 Å². The van der Waals surface area contributed by atoms with Crippen LogP contribution in [0, 0.1) is 12.7 Å². The number of carbonyl (C=O) groups excluding carboxylic acids is 1. The number of carbonyl (C=O) groups is 1. The Hall–Kier alpha value is -4.29. The van der Waals surface area contributed by atoms with Crippen molar-refractivity contribution in [2.75, 3.05) is 23.9 Å². The zero-order valence-corrected chi connectivity index (χ0v) is 21.5. The molecule has 0 aliphatic carbocycles. The van der Waals surface area contributed by atoms with Crippen LogP contribution in [0.4, 0.5) is 15.8 Å². The number of halogens is 1. The third-order valence-corrected chi connectivity index (χ3v) is 6.72. The van der Waals surface area contributed by atoms with Gasteiger partial charge in [-0.3, -0.25) is 4.79 Å². The highest BCUT2D eigenvalue weighted by molar-refractivity contribution is 5.73. The number of rotatable bonds is 11. The minimum Gasteiger partial charge on any atom is -0.508 e. The topological polar surface area (TPSA) is 99.1 Å². The molecule has 3 aromatic rings. The minimum atomic E-state index is -0.911. The average molecular weight is 519 g/mol. The van der Waals surface area contributed by atoms with Gasteiger partial charge in [0.05, 0.1) is 7.11 Å². The van der Waals surface area contributed by atoms with Gasteiger partial charge in [0.15, 0.2) is 0 Å². The average Bonchev–Trinajstić information content (AvgIpc) is 3.29. The fraction of sp³-hybridized carbons (Fsp3) is 0.300. The van der Waals surface area contributed by atoms with Crippen molar-refractivity contribution in [2.24, 2.45) is 0 Å². The summed E-state index contributed by atoms with van der Waals surface area (Å²) in [4.78, 5) is 25.2. The molecule has 1 atom stereocenters. The van der Waals surface area contributed by atoms with Crippen LogP contribution in [-0.2, 0) is 22.4 Å². The van der Waals surface area contributed by atoms with Crippen LogP contribution in [0.2, 0.25) is 0 Å². The molecule has 0 spiro atoms. The molecule has 0 saturated heterocycles. The smallest absolute Gasteiger partial charge is 0.303 e. The number of phenols is 1. The first-order valence-corrected chi connectivity index (χ1v) is 12.6. The van der Waals surface area contributed by atoms with Gasteiger partial charge in [0.2, 0.25) is 0 Å². The van der Waals surface area contributed by atoms with Gasteiger partial charge in [-0.05, 0) is 79.6 Å². The Labute approximate surface area is 221 Å². The highest BCUT2D eigenvalue weighted by Gasteiger charge is 2.31. The molecular weight excluding hydrogens is 487 g/mol. The molecule has 8 heteroatoms. The van der Waals surface area contributed by atoms with E-state index in [9.17, 15) is 14.7 Å². The van der Waals surface area contributed by atoms with Crippen LogP contribution in [0.5, 0.6) is 11.5 Å². The van der Waals surface area contributed by atoms with Crippen molar-refractivity contribution in [1.29, 1.82) is 0 Å². The second-order valence-electron chi connectivity index (χ2n) is 9.47. The Bertz CT molecular complexity index is 1380. The molecule has 198 valence electrons. The van der Waals surface area contributed by atoms with Gasteiger partial charge < -0.3 is 25.2 Å². The normalized spacial score (nSPS) is 13.0. The monoisotopic (exact) mass is 518 g/mol. The summed E-state index contributed by atoms with van der Waals surface area (Å²) in [5.74, 6) is 0.950. The number of ether oxygens (including phenoxy) is 1. The van der Waals surface area contributed by atoms with Gasteiger partial charge in [0, 0.05) is 42.0 Å². The van der Waals surface area contributed by atoms with E-state index in [-0.39, 0.29) is 23.4 Å². The summed E-state index contributed by atoms with van der Waals surface area (Å²) in [5, 5.41) is 22.0. The van der Waals surface area contributed by atoms with E-state index in [1.165, 1.54) is 12.1 Å². The number of hydrogen-bond donors (Lipinski definition) is 3. The minimum absolute atomic E-state index is 0.0988. The molecule has 1 aliphatic heterocycles. The number of carboxylic acids is 1. The maximum Gasteiger partial charge on any atom is 0.303 e. The summed E-state index contributed by atoms with van der Waals surface area (Å²) >= 11 is 0. The molecule has 1 aliphatic rings. The standard InChI is InChI=1S/C30H31FN2O5/c1-19-7-8-21-11-12-33(27(21)13-19)28(18-34)30(25-10-9-23(35)17-26(25)31)32-22-14-20(15-24(16-22)38-2)5-3-4-6-29(36)37/h7-10,13-17,30,32,35H,3-6,11-12H2,1-2H3,(H,36,37). The van der Waals surface area contributed by atoms with Crippen molar-refractivity contribution in [1.82, 2.24) is 0 Å². The van der Waals surface area contributed by atoms with Crippen molar-refractivity contribution < 1.29 is 28.9 Å². The second kappa shape index (κ2) is 11.8. The number of methoxy groups -OCH3 is 1. The molecule has 0 amide bonds. The summed E-state index contributed by atoms with van der Waals surface area (Å²) in [6.07, 6.45) is 2.69. The molecule has 0 fully saturated rings. The lowest BCUT2D eigenvalue weighted by molar-refractivity contribution is -0.137. The number of aromatic hydroxyl groups is 1. The summed E-state index contributed by atoms with van der Waals surface area (Å²) in [6.45, 7) is 2.53. The SMILES string of the molecule is COc1cc(CCCCC(=O)O)cc(NC(C(=C=O)N2CCc3ccc(C)cc32)c2ccc(O)cc2F)c1. The Morgan fingerprint density at radius 1 is 1.16 bits per heavy atom. The molecule has 3 aromatic carbocycles. The zero-order chi connectivity index (χ0) is 27.2. The van der Waals surface area contributed by atoms with Gasteiger partial charge in [-0.25, -0.2) is 9.18 Å².